The number of rotatable bonds is 7. The zero-order valence-corrected chi connectivity index (χ0v) is 24.8. The molecule has 218 valence electrons. The first-order valence-corrected chi connectivity index (χ1v) is 16.7. The van der Waals surface area contributed by atoms with Crippen LogP contribution in [0.25, 0.3) is 10.8 Å². The van der Waals surface area contributed by atoms with Gasteiger partial charge in [-0.15, -0.1) is 5.54 Å². The molecule has 0 heterocycles. The molecule has 2 aromatic rings. The van der Waals surface area contributed by atoms with Gasteiger partial charge < -0.3 is 8.37 Å². The maximum Gasteiger partial charge on any atom is 0.534 e. The van der Waals surface area contributed by atoms with Gasteiger partial charge in [0.15, 0.2) is 5.75 Å². The van der Waals surface area contributed by atoms with Crippen molar-refractivity contribution in [3.05, 3.63) is 34.9 Å². The summed E-state index contributed by atoms with van der Waals surface area (Å²) in [5.41, 5.74) is -8.32. The smallest absolute Gasteiger partial charge is 0.376 e. The van der Waals surface area contributed by atoms with E-state index in [1.54, 1.807) is 0 Å². The Morgan fingerprint density at radius 3 is 1.69 bits per heavy atom. The quantitative estimate of drug-likeness (QED) is 0.103. The second-order valence-corrected chi connectivity index (χ2v) is 18.6. The molecular formula is C23H25ClF6O6S2Si. The summed E-state index contributed by atoms with van der Waals surface area (Å²) in [5, 5.41) is -0.740. The lowest BCUT2D eigenvalue weighted by molar-refractivity contribution is -0.0502. The van der Waals surface area contributed by atoms with E-state index in [9.17, 15) is 43.2 Å². The van der Waals surface area contributed by atoms with E-state index in [0.717, 1.165) is 12.1 Å². The van der Waals surface area contributed by atoms with E-state index in [2.05, 4.69) is 19.8 Å². The minimum atomic E-state index is -6.35. The van der Waals surface area contributed by atoms with Gasteiger partial charge in [0.1, 0.15) is 13.8 Å². The summed E-state index contributed by atoms with van der Waals surface area (Å²) >= 11 is 6.32. The van der Waals surface area contributed by atoms with E-state index in [0.29, 0.717) is 0 Å². The van der Waals surface area contributed by atoms with Gasteiger partial charge in [0.05, 0.1) is 10.6 Å². The fourth-order valence-electron chi connectivity index (χ4n) is 4.55. The third-order valence-corrected chi connectivity index (χ3v) is 14.8. The summed E-state index contributed by atoms with van der Waals surface area (Å²) in [6.07, 6.45) is 0. The molecule has 2 rings (SSSR count). The van der Waals surface area contributed by atoms with Gasteiger partial charge in [-0.1, -0.05) is 65.1 Å². The van der Waals surface area contributed by atoms with Crippen molar-refractivity contribution >= 4 is 50.7 Å². The van der Waals surface area contributed by atoms with Crippen LogP contribution in [-0.4, -0.2) is 35.9 Å². The van der Waals surface area contributed by atoms with Crippen LogP contribution in [-0.2, 0) is 20.2 Å². The zero-order valence-electron chi connectivity index (χ0n) is 21.5. The maximum absolute atomic E-state index is 13.2. The number of hydrogen-bond acceptors (Lipinski definition) is 6. The molecule has 0 fully saturated rings. The summed E-state index contributed by atoms with van der Waals surface area (Å²) in [6.45, 7) is 11.9. The molecular weight excluding hydrogens is 614 g/mol. The van der Waals surface area contributed by atoms with Gasteiger partial charge in [-0.05, 0) is 34.1 Å². The number of fused-ring (bicyclic) bond motifs is 1. The minimum Gasteiger partial charge on any atom is -0.376 e. The van der Waals surface area contributed by atoms with Gasteiger partial charge in [0, 0.05) is 11.5 Å². The highest BCUT2D eigenvalue weighted by Crippen LogP contribution is 2.43. The number of hydrogen-bond donors (Lipinski definition) is 0. The van der Waals surface area contributed by atoms with Crippen molar-refractivity contribution < 1.29 is 51.5 Å². The van der Waals surface area contributed by atoms with Crippen molar-refractivity contribution in [2.24, 2.45) is 0 Å². The average Bonchev–Trinajstić information content (AvgIpc) is 2.72. The Morgan fingerprint density at radius 1 is 0.795 bits per heavy atom. The van der Waals surface area contributed by atoms with Crippen molar-refractivity contribution in [3.8, 4) is 23.0 Å². The molecule has 0 saturated carbocycles. The molecule has 0 saturated heterocycles. The molecule has 0 amide bonds. The van der Waals surface area contributed by atoms with E-state index in [1.807, 2.05) is 41.5 Å². The summed E-state index contributed by atoms with van der Waals surface area (Å²) in [5.74, 6) is 0.562. The SMILES string of the molecule is CC(C)[Si](C#Cc1c(Cl)ccc2cc(OS(=O)(=O)C(F)(F)F)cc(OS(=O)(=O)C(F)(F)F)c12)(C(C)C)C(C)C. The first-order valence-electron chi connectivity index (χ1n) is 11.3. The van der Waals surface area contributed by atoms with Crippen LogP contribution in [0.1, 0.15) is 47.1 Å². The second-order valence-electron chi connectivity index (χ2n) is 9.56. The molecule has 0 atom stereocenters. The highest BCUT2D eigenvalue weighted by atomic mass is 35.5. The number of halogens is 7. The summed E-state index contributed by atoms with van der Waals surface area (Å²) < 4.78 is 133. The normalized spacial score (nSPS) is 13.6. The van der Waals surface area contributed by atoms with Gasteiger partial charge in [-0.3, -0.25) is 0 Å². The molecule has 0 bridgehead atoms. The molecule has 39 heavy (non-hydrogen) atoms. The Labute approximate surface area is 228 Å². The molecule has 0 aromatic heterocycles. The Kier molecular flexibility index (Phi) is 9.34. The standard InChI is InChI=1S/C23H25ClF6O6S2Si/c1-13(2)39(14(3)4,15(5)6)10-9-18-19(24)8-7-16-11-17(35-37(31,32)22(25,26)27)12-20(21(16)18)36-38(33,34)23(28,29)30/h7-8,11-15H,1-6H3. The molecule has 16 heteroatoms. The van der Waals surface area contributed by atoms with Gasteiger partial charge >= 0.3 is 31.3 Å². The molecule has 6 nitrogen and oxygen atoms in total. The molecule has 0 radical (unpaired) electrons. The van der Waals surface area contributed by atoms with Crippen LogP contribution < -0.4 is 8.37 Å². The number of benzene rings is 2. The van der Waals surface area contributed by atoms with E-state index >= 15 is 0 Å². The lowest BCUT2D eigenvalue weighted by Gasteiger charge is -2.38. The Morgan fingerprint density at radius 2 is 1.26 bits per heavy atom. The van der Waals surface area contributed by atoms with Gasteiger partial charge in [-0.25, -0.2) is 0 Å². The summed E-state index contributed by atoms with van der Waals surface area (Å²) in [7, 11) is -15.1. The van der Waals surface area contributed by atoms with E-state index in [1.165, 1.54) is 6.07 Å². The molecule has 2 aromatic carbocycles. The molecule has 0 spiro atoms. The highest BCUT2D eigenvalue weighted by Gasteiger charge is 2.50. The lowest BCUT2D eigenvalue weighted by atomic mass is 10.0. The third kappa shape index (κ3) is 6.61. The van der Waals surface area contributed by atoms with Crippen molar-refractivity contribution in [1.29, 1.82) is 0 Å². The van der Waals surface area contributed by atoms with Crippen LogP contribution in [0, 0.1) is 11.5 Å². The third-order valence-electron chi connectivity index (χ3n) is 6.25. The van der Waals surface area contributed by atoms with E-state index < -0.39 is 56.2 Å². The predicted molar refractivity (Wildman–Crippen MR) is 138 cm³/mol. The molecule has 0 aliphatic rings. The van der Waals surface area contributed by atoms with E-state index in [-0.39, 0.29) is 38.7 Å². The van der Waals surface area contributed by atoms with E-state index in [4.69, 9.17) is 11.6 Å². The summed E-state index contributed by atoms with van der Waals surface area (Å²) in [6, 6.07) is 3.38. The first-order chi connectivity index (χ1) is 17.5. The molecule has 0 unspecified atom stereocenters. The fourth-order valence-corrected chi connectivity index (χ4v) is 10.9. The van der Waals surface area contributed by atoms with Crippen molar-refractivity contribution in [2.75, 3.05) is 0 Å². The Bertz CT molecular complexity index is 1500. The first kappa shape index (κ1) is 33.1. The van der Waals surface area contributed by atoms with Crippen molar-refractivity contribution in [1.82, 2.24) is 0 Å². The van der Waals surface area contributed by atoms with Crippen LogP contribution in [0.2, 0.25) is 21.6 Å². The predicted octanol–water partition coefficient (Wildman–Crippen LogP) is 7.52. The maximum atomic E-state index is 13.2. The molecule has 0 aliphatic carbocycles. The monoisotopic (exact) mass is 638 g/mol. The molecule has 0 N–H and O–H groups in total. The van der Waals surface area contributed by atoms with Crippen LogP contribution in [0.5, 0.6) is 11.5 Å². The van der Waals surface area contributed by atoms with Crippen LogP contribution in [0.4, 0.5) is 26.3 Å². The topological polar surface area (TPSA) is 86.7 Å². The van der Waals surface area contributed by atoms with Crippen molar-refractivity contribution in [2.45, 2.75) is 69.2 Å². The average molecular weight is 639 g/mol. The van der Waals surface area contributed by atoms with Crippen LogP contribution in [0.15, 0.2) is 24.3 Å². The van der Waals surface area contributed by atoms with Gasteiger partial charge in [-0.2, -0.15) is 43.2 Å². The van der Waals surface area contributed by atoms with Gasteiger partial charge in [0.25, 0.3) is 0 Å². The van der Waals surface area contributed by atoms with Crippen LogP contribution >= 0.6 is 11.6 Å². The fraction of sp³-hybridized carbons (Fsp3) is 0.478. The van der Waals surface area contributed by atoms with Gasteiger partial charge in [0.2, 0.25) is 0 Å². The molecule has 0 aliphatic heterocycles. The highest BCUT2D eigenvalue weighted by molar-refractivity contribution is 7.88. The number of alkyl halides is 6. The summed E-state index contributed by atoms with van der Waals surface area (Å²) in [4.78, 5) is 0. The minimum absolute atomic E-state index is 0.111. The largest absolute Gasteiger partial charge is 0.534 e. The second kappa shape index (κ2) is 11.0. The Balaban J connectivity index is 3.00. The van der Waals surface area contributed by atoms with Crippen LogP contribution in [0.3, 0.4) is 0 Å². The Hall–Kier alpha value is -2.15. The van der Waals surface area contributed by atoms with Crippen molar-refractivity contribution in [3.63, 3.8) is 0 Å². The lowest BCUT2D eigenvalue weighted by Crippen LogP contribution is -2.43. The zero-order chi connectivity index (χ0) is 30.4.